The molecule has 0 aromatic heterocycles. The lowest BCUT2D eigenvalue weighted by Gasteiger charge is -2.19. The predicted molar refractivity (Wildman–Crippen MR) is 117 cm³/mol. The quantitative estimate of drug-likeness (QED) is 0.441. The van der Waals surface area contributed by atoms with Crippen LogP contribution in [0.15, 0.2) is 59.6 Å². The molecule has 158 valence electrons. The average molecular weight is 409 g/mol. The number of nitrogens with zero attached hydrogens (tertiary/aromatic N) is 1. The summed E-state index contributed by atoms with van der Waals surface area (Å²) >= 11 is 0. The Morgan fingerprint density at radius 2 is 1.47 bits per heavy atom. The van der Waals surface area contributed by atoms with Gasteiger partial charge in [0.25, 0.3) is 11.9 Å². The molecule has 0 amide bonds. The fourth-order valence-corrected chi connectivity index (χ4v) is 2.91. The fraction of sp³-hybridized carbons (Fsp3) is 0.348. The average Bonchev–Trinajstić information content (AvgIpc) is 2.67. The molecule has 1 atom stereocenters. The molecule has 0 aliphatic rings. The standard InChI is InChI=1S/C23H28BNO5/c1-16(2)15-22(25-17(3)20-11-7-6-8-12-20)21-13-9-10-14-23(21)30-24(28-18(4)26)29-19(5)27/h6-14,16-17H,15H2,1-5H3/t17-/m1/s1. The van der Waals surface area contributed by atoms with E-state index in [1.165, 1.54) is 13.8 Å². The minimum atomic E-state index is -1.46. The fourth-order valence-electron chi connectivity index (χ4n) is 2.91. The Morgan fingerprint density at radius 1 is 0.900 bits per heavy atom. The van der Waals surface area contributed by atoms with E-state index in [1.54, 1.807) is 12.1 Å². The highest BCUT2D eigenvalue weighted by Crippen LogP contribution is 2.26. The predicted octanol–water partition coefficient (Wildman–Crippen LogP) is 4.77. The van der Waals surface area contributed by atoms with Crippen molar-refractivity contribution in [3.63, 3.8) is 0 Å². The van der Waals surface area contributed by atoms with Gasteiger partial charge in [0, 0.05) is 25.1 Å². The zero-order valence-corrected chi connectivity index (χ0v) is 18.1. The van der Waals surface area contributed by atoms with Crippen molar-refractivity contribution < 1.29 is 23.6 Å². The topological polar surface area (TPSA) is 74.2 Å². The summed E-state index contributed by atoms with van der Waals surface area (Å²) in [6, 6.07) is 17.3. The van der Waals surface area contributed by atoms with Crippen LogP contribution in [0.2, 0.25) is 0 Å². The Labute approximate surface area is 178 Å². The Kier molecular flexibility index (Phi) is 8.65. The van der Waals surface area contributed by atoms with Gasteiger partial charge < -0.3 is 14.0 Å². The highest BCUT2D eigenvalue weighted by Gasteiger charge is 2.33. The normalized spacial score (nSPS) is 12.3. The molecule has 6 nitrogen and oxygen atoms in total. The third-order valence-corrected chi connectivity index (χ3v) is 4.18. The molecule has 0 radical (unpaired) electrons. The van der Waals surface area contributed by atoms with Gasteiger partial charge in [-0.3, -0.25) is 14.6 Å². The summed E-state index contributed by atoms with van der Waals surface area (Å²) in [5, 5.41) is 0. The first-order valence-electron chi connectivity index (χ1n) is 9.98. The van der Waals surface area contributed by atoms with Crippen LogP contribution in [-0.4, -0.2) is 25.0 Å². The van der Waals surface area contributed by atoms with Gasteiger partial charge in [-0.2, -0.15) is 0 Å². The van der Waals surface area contributed by atoms with Gasteiger partial charge in [0.1, 0.15) is 5.75 Å². The lowest BCUT2D eigenvalue weighted by Crippen LogP contribution is -2.34. The van der Waals surface area contributed by atoms with Crippen molar-refractivity contribution in [1.29, 1.82) is 0 Å². The summed E-state index contributed by atoms with van der Waals surface area (Å²) < 4.78 is 15.7. The van der Waals surface area contributed by atoms with Crippen LogP contribution < -0.4 is 4.65 Å². The monoisotopic (exact) mass is 409 g/mol. The van der Waals surface area contributed by atoms with E-state index < -0.39 is 19.3 Å². The van der Waals surface area contributed by atoms with Crippen molar-refractivity contribution in [2.75, 3.05) is 0 Å². The second kappa shape index (κ2) is 11.2. The first-order chi connectivity index (χ1) is 14.3. The van der Waals surface area contributed by atoms with E-state index in [2.05, 4.69) is 13.8 Å². The summed E-state index contributed by atoms with van der Waals surface area (Å²) in [7, 11) is -1.46. The Hall–Kier alpha value is -3.09. The van der Waals surface area contributed by atoms with Crippen LogP contribution in [0.5, 0.6) is 5.75 Å². The molecular formula is C23H28BNO5. The van der Waals surface area contributed by atoms with Gasteiger partial charge in [0.2, 0.25) is 0 Å². The first kappa shape index (κ1) is 23.2. The zero-order chi connectivity index (χ0) is 22.1. The number of hydrogen-bond acceptors (Lipinski definition) is 6. The summed E-state index contributed by atoms with van der Waals surface area (Å²) in [5.74, 6) is -0.456. The Bertz CT molecular complexity index is 866. The van der Waals surface area contributed by atoms with Crippen molar-refractivity contribution in [1.82, 2.24) is 0 Å². The Morgan fingerprint density at radius 3 is 2.03 bits per heavy atom. The lowest BCUT2D eigenvalue weighted by atomic mass is 9.98. The molecule has 0 saturated carbocycles. The maximum Gasteiger partial charge on any atom is 0.868 e. The number of rotatable bonds is 9. The minimum Gasteiger partial charge on any atom is -0.489 e. The molecule has 0 aliphatic carbocycles. The van der Waals surface area contributed by atoms with E-state index >= 15 is 0 Å². The van der Waals surface area contributed by atoms with Crippen LogP contribution in [0.3, 0.4) is 0 Å². The summed E-state index contributed by atoms with van der Waals surface area (Å²) in [6.45, 7) is 8.72. The lowest BCUT2D eigenvalue weighted by molar-refractivity contribution is -0.139. The molecule has 0 unspecified atom stereocenters. The number of aliphatic imine (C=N–C) groups is 1. The highest BCUT2D eigenvalue weighted by atomic mass is 16.8. The van der Waals surface area contributed by atoms with E-state index in [1.807, 2.05) is 49.4 Å². The van der Waals surface area contributed by atoms with Gasteiger partial charge in [-0.05, 0) is 37.0 Å². The highest BCUT2D eigenvalue weighted by molar-refractivity contribution is 6.42. The maximum absolute atomic E-state index is 11.4. The van der Waals surface area contributed by atoms with Gasteiger partial charge in [-0.1, -0.05) is 56.3 Å². The molecular weight excluding hydrogens is 381 g/mol. The Balaban J connectivity index is 2.41. The first-order valence-corrected chi connectivity index (χ1v) is 9.98. The molecule has 0 saturated heterocycles. The van der Waals surface area contributed by atoms with E-state index in [4.69, 9.17) is 19.0 Å². The third-order valence-electron chi connectivity index (χ3n) is 4.18. The van der Waals surface area contributed by atoms with Crippen LogP contribution >= 0.6 is 0 Å². The third kappa shape index (κ3) is 7.39. The van der Waals surface area contributed by atoms with Crippen LogP contribution in [-0.2, 0) is 18.9 Å². The SMILES string of the molecule is CC(=O)OB(OC(C)=O)Oc1ccccc1C(CC(C)C)=N[C@H](C)c1ccccc1. The molecule has 0 spiro atoms. The number of hydrogen-bond donors (Lipinski definition) is 0. The van der Waals surface area contributed by atoms with E-state index in [-0.39, 0.29) is 6.04 Å². The molecule has 2 aromatic rings. The van der Waals surface area contributed by atoms with Crippen LogP contribution in [0.4, 0.5) is 0 Å². The minimum absolute atomic E-state index is 0.0502. The smallest absolute Gasteiger partial charge is 0.489 e. The van der Waals surface area contributed by atoms with Gasteiger partial charge in [-0.25, -0.2) is 0 Å². The molecule has 0 heterocycles. The van der Waals surface area contributed by atoms with Crippen LogP contribution in [0.1, 0.15) is 58.2 Å². The summed E-state index contributed by atoms with van der Waals surface area (Å²) in [6.07, 6.45) is 0.726. The van der Waals surface area contributed by atoms with Crippen molar-refractivity contribution in [3.05, 3.63) is 65.7 Å². The van der Waals surface area contributed by atoms with Crippen LogP contribution in [0, 0.1) is 5.92 Å². The molecule has 2 aromatic carbocycles. The van der Waals surface area contributed by atoms with E-state index in [0.29, 0.717) is 11.7 Å². The number of carbonyl (C=O) groups is 2. The second-order valence-electron chi connectivity index (χ2n) is 7.38. The van der Waals surface area contributed by atoms with E-state index in [9.17, 15) is 9.59 Å². The van der Waals surface area contributed by atoms with Gasteiger partial charge in [0.05, 0.1) is 6.04 Å². The van der Waals surface area contributed by atoms with Crippen molar-refractivity contribution >= 4 is 25.0 Å². The second-order valence-corrected chi connectivity index (χ2v) is 7.38. The molecule has 7 heteroatoms. The zero-order valence-electron chi connectivity index (χ0n) is 18.1. The molecule has 0 fully saturated rings. The van der Waals surface area contributed by atoms with Gasteiger partial charge >= 0.3 is 7.32 Å². The van der Waals surface area contributed by atoms with Gasteiger partial charge in [-0.15, -0.1) is 0 Å². The molecule has 0 aliphatic heterocycles. The molecule has 0 bridgehead atoms. The van der Waals surface area contributed by atoms with E-state index in [0.717, 1.165) is 23.3 Å². The summed E-state index contributed by atoms with van der Waals surface area (Å²) in [5.41, 5.74) is 2.73. The number of carbonyl (C=O) groups excluding carboxylic acids is 2. The van der Waals surface area contributed by atoms with Crippen molar-refractivity contribution in [3.8, 4) is 5.75 Å². The molecule has 30 heavy (non-hydrogen) atoms. The maximum atomic E-state index is 11.4. The largest absolute Gasteiger partial charge is 0.868 e. The summed E-state index contributed by atoms with van der Waals surface area (Å²) in [4.78, 5) is 27.7. The van der Waals surface area contributed by atoms with Crippen LogP contribution in [0.25, 0.3) is 0 Å². The van der Waals surface area contributed by atoms with Gasteiger partial charge in [0.15, 0.2) is 0 Å². The number of benzene rings is 2. The number of para-hydroxylation sites is 1. The van der Waals surface area contributed by atoms with Crippen molar-refractivity contribution in [2.24, 2.45) is 10.9 Å². The molecule has 0 N–H and O–H groups in total. The molecule has 2 rings (SSSR count). The van der Waals surface area contributed by atoms with Crippen molar-refractivity contribution in [2.45, 2.75) is 47.1 Å².